The number of ether oxygens (including phenoxy) is 1. The van der Waals surface area contributed by atoms with Crippen LogP contribution in [-0.2, 0) is 4.74 Å². The third-order valence-corrected chi connectivity index (χ3v) is 3.90. The summed E-state index contributed by atoms with van der Waals surface area (Å²) in [5, 5.41) is 0. The van der Waals surface area contributed by atoms with Crippen molar-refractivity contribution in [3.8, 4) is 0 Å². The fourth-order valence-corrected chi connectivity index (χ4v) is 2.66. The first-order valence-corrected chi connectivity index (χ1v) is 7.60. The number of carbonyl (C=O) groups excluding carboxylic acids is 1. The molecule has 2 unspecified atom stereocenters. The number of cyclic esters (lactones) is 1. The molecular weight excluding hydrogens is 226 g/mol. The van der Waals surface area contributed by atoms with E-state index in [-0.39, 0.29) is 12.2 Å². The Bertz CT molecular complexity index is 243. The molecule has 3 nitrogen and oxygen atoms in total. The van der Waals surface area contributed by atoms with Crippen LogP contribution in [0.25, 0.3) is 0 Å². The Morgan fingerprint density at radius 2 is 1.83 bits per heavy atom. The lowest BCUT2D eigenvalue weighted by Crippen LogP contribution is -2.25. The first kappa shape index (κ1) is 15.3. The summed E-state index contributed by atoms with van der Waals surface area (Å²) in [6.45, 7) is 5.24. The lowest BCUT2D eigenvalue weighted by Gasteiger charge is -2.21. The number of unbranched alkanes of at least 4 members (excludes halogenated alkanes) is 4. The van der Waals surface area contributed by atoms with Crippen LogP contribution in [0, 0.1) is 5.92 Å². The molecule has 0 bridgehead atoms. The van der Waals surface area contributed by atoms with Gasteiger partial charge in [0.05, 0.1) is 6.54 Å². The Morgan fingerprint density at radius 1 is 1.17 bits per heavy atom. The van der Waals surface area contributed by atoms with Gasteiger partial charge in [-0.2, -0.15) is 0 Å². The maximum atomic E-state index is 11.4. The third kappa shape index (κ3) is 4.87. The van der Waals surface area contributed by atoms with Gasteiger partial charge in [0.2, 0.25) is 0 Å². The minimum atomic E-state index is -0.143. The van der Waals surface area contributed by atoms with Crippen LogP contribution in [0.2, 0.25) is 0 Å². The molecule has 1 amide bonds. The van der Waals surface area contributed by atoms with Gasteiger partial charge in [-0.3, -0.25) is 0 Å². The molecule has 1 aliphatic rings. The lowest BCUT2D eigenvalue weighted by molar-refractivity contribution is 0.0943. The van der Waals surface area contributed by atoms with Crippen molar-refractivity contribution >= 4 is 6.09 Å². The van der Waals surface area contributed by atoms with Crippen molar-refractivity contribution in [3.05, 3.63) is 0 Å². The quantitative estimate of drug-likeness (QED) is 0.577. The molecule has 18 heavy (non-hydrogen) atoms. The number of hydrogen-bond acceptors (Lipinski definition) is 2. The summed E-state index contributed by atoms with van der Waals surface area (Å²) in [5.41, 5.74) is 0. The lowest BCUT2D eigenvalue weighted by atomic mass is 9.90. The van der Waals surface area contributed by atoms with Crippen LogP contribution in [0.5, 0.6) is 0 Å². The van der Waals surface area contributed by atoms with Gasteiger partial charge in [0.25, 0.3) is 0 Å². The van der Waals surface area contributed by atoms with Crippen molar-refractivity contribution in [3.63, 3.8) is 0 Å². The molecule has 1 aliphatic heterocycles. The molecule has 1 saturated heterocycles. The Hall–Kier alpha value is -0.730. The highest BCUT2D eigenvalue weighted by Crippen LogP contribution is 2.26. The third-order valence-electron chi connectivity index (χ3n) is 3.90. The van der Waals surface area contributed by atoms with Gasteiger partial charge in [-0.1, -0.05) is 52.4 Å². The smallest absolute Gasteiger partial charge is 0.409 e. The van der Waals surface area contributed by atoms with E-state index in [4.69, 9.17) is 4.74 Å². The van der Waals surface area contributed by atoms with Crippen molar-refractivity contribution in [2.24, 2.45) is 5.92 Å². The molecule has 0 aromatic heterocycles. The molecule has 0 aliphatic carbocycles. The molecule has 0 spiro atoms. The van der Waals surface area contributed by atoms with Crippen molar-refractivity contribution in [2.45, 2.75) is 71.3 Å². The molecule has 0 aromatic carbocycles. The van der Waals surface area contributed by atoms with Gasteiger partial charge in [0, 0.05) is 7.05 Å². The largest absolute Gasteiger partial charge is 0.444 e. The summed E-state index contributed by atoms with van der Waals surface area (Å²) in [7, 11) is 1.83. The normalized spacial score (nSPS) is 21.2. The van der Waals surface area contributed by atoms with E-state index >= 15 is 0 Å². The number of likely N-dealkylation sites (N-methyl/N-ethyl adjacent to an activating group) is 1. The number of carbonyl (C=O) groups is 1. The van der Waals surface area contributed by atoms with E-state index in [1.54, 1.807) is 4.90 Å². The molecule has 2 atom stereocenters. The average Bonchev–Trinajstić information content (AvgIpc) is 2.68. The van der Waals surface area contributed by atoms with Crippen molar-refractivity contribution < 1.29 is 9.53 Å². The molecule has 1 heterocycles. The molecule has 1 fully saturated rings. The molecule has 0 N–H and O–H groups in total. The number of rotatable bonds is 9. The summed E-state index contributed by atoms with van der Waals surface area (Å²) in [6.07, 6.45) is 10.1. The number of amides is 1. The summed E-state index contributed by atoms with van der Waals surface area (Å²) in [6, 6.07) is 0. The maximum Gasteiger partial charge on any atom is 0.409 e. The summed E-state index contributed by atoms with van der Waals surface area (Å²) in [5.74, 6) is 0.565. The van der Waals surface area contributed by atoms with Crippen LogP contribution < -0.4 is 0 Å². The van der Waals surface area contributed by atoms with Gasteiger partial charge in [-0.25, -0.2) is 4.79 Å². The van der Waals surface area contributed by atoms with Gasteiger partial charge >= 0.3 is 6.09 Å². The zero-order valence-corrected chi connectivity index (χ0v) is 12.3. The number of hydrogen-bond donors (Lipinski definition) is 0. The van der Waals surface area contributed by atoms with Gasteiger partial charge in [-0.15, -0.1) is 0 Å². The second-order valence-corrected chi connectivity index (χ2v) is 5.55. The summed E-state index contributed by atoms with van der Waals surface area (Å²) >= 11 is 0. The monoisotopic (exact) mass is 255 g/mol. The molecule has 106 valence electrons. The Labute approximate surface area is 112 Å². The average molecular weight is 255 g/mol. The second kappa shape index (κ2) is 8.39. The SMILES string of the molecule is CCCCCCC(CCCC)C1CN(C)C(=O)O1. The van der Waals surface area contributed by atoms with Gasteiger partial charge < -0.3 is 9.64 Å². The van der Waals surface area contributed by atoms with Crippen LogP contribution >= 0.6 is 0 Å². The number of nitrogens with zero attached hydrogens (tertiary/aromatic N) is 1. The van der Waals surface area contributed by atoms with E-state index in [9.17, 15) is 4.79 Å². The summed E-state index contributed by atoms with van der Waals surface area (Å²) in [4.78, 5) is 13.1. The molecule has 0 radical (unpaired) electrons. The molecule has 0 saturated carbocycles. The van der Waals surface area contributed by atoms with E-state index in [1.807, 2.05) is 7.05 Å². The second-order valence-electron chi connectivity index (χ2n) is 5.55. The van der Waals surface area contributed by atoms with Crippen molar-refractivity contribution in [1.29, 1.82) is 0 Å². The van der Waals surface area contributed by atoms with Crippen LogP contribution in [0.15, 0.2) is 0 Å². The molecule has 1 rings (SSSR count). The molecule has 0 aromatic rings. The fourth-order valence-electron chi connectivity index (χ4n) is 2.66. The van der Waals surface area contributed by atoms with Crippen LogP contribution in [0.3, 0.4) is 0 Å². The highest BCUT2D eigenvalue weighted by atomic mass is 16.6. The first-order valence-electron chi connectivity index (χ1n) is 7.60. The zero-order valence-electron chi connectivity index (χ0n) is 12.3. The van der Waals surface area contributed by atoms with Gasteiger partial charge in [0.15, 0.2) is 0 Å². The molecular formula is C15H29NO2. The Kier molecular flexibility index (Phi) is 7.14. The Balaban J connectivity index is 2.37. The standard InChI is InChI=1S/C15H29NO2/c1-4-6-8-9-11-13(10-7-5-2)14-12-16(3)15(17)18-14/h13-14H,4-12H2,1-3H3. The topological polar surface area (TPSA) is 29.5 Å². The maximum absolute atomic E-state index is 11.4. The van der Waals surface area contributed by atoms with Gasteiger partial charge in [0.1, 0.15) is 6.10 Å². The highest BCUT2D eigenvalue weighted by Gasteiger charge is 2.33. The summed E-state index contributed by atoms with van der Waals surface area (Å²) < 4.78 is 5.48. The fraction of sp³-hybridized carbons (Fsp3) is 0.933. The minimum Gasteiger partial charge on any atom is -0.444 e. The van der Waals surface area contributed by atoms with Crippen LogP contribution in [-0.4, -0.2) is 30.7 Å². The van der Waals surface area contributed by atoms with E-state index in [0.29, 0.717) is 5.92 Å². The minimum absolute atomic E-state index is 0.135. The highest BCUT2D eigenvalue weighted by molar-refractivity contribution is 5.69. The van der Waals surface area contributed by atoms with Crippen molar-refractivity contribution in [1.82, 2.24) is 4.90 Å². The van der Waals surface area contributed by atoms with Crippen molar-refractivity contribution in [2.75, 3.05) is 13.6 Å². The van der Waals surface area contributed by atoms with E-state index in [0.717, 1.165) is 6.54 Å². The Morgan fingerprint density at radius 3 is 2.39 bits per heavy atom. The predicted octanol–water partition coefficient (Wildman–Crippen LogP) is 4.21. The molecule has 3 heteroatoms. The van der Waals surface area contributed by atoms with E-state index < -0.39 is 0 Å². The van der Waals surface area contributed by atoms with Crippen LogP contribution in [0.4, 0.5) is 4.79 Å². The van der Waals surface area contributed by atoms with Gasteiger partial charge in [-0.05, 0) is 18.8 Å². The predicted molar refractivity (Wildman–Crippen MR) is 74.7 cm³/mol. The van der Waals surface area contributed by atoms with E-state index in [2.05, 4.69) is 13.8 Å². The van der Waals surface area contributed by atoms with Crippen LogP contribution in [0.1, 0.15) is 65.2 Å². The zero-order chi connectivity index (χ0) is 13.4. The van der Waals surface area contributed by atoms with E-state index in [1.165, 1.54) is 51.4 Å². The first-order chi connectivity index (χ1) is 8.69.